The first kappa shape index (κ1) is 20.0. The molecule has 6 nitrogen and oxygen atoms in total. The molecular weight excluding hydrogens is 334 g/mol. The van der Waals surface area contributed by atoms with Crippen molar-refractivity contribution in [2.45, 2.75) is 59.0 Å². The maximum atomic E-state index is 12.0. The molecule has 0 amide bonds. The van der Waals surface area contributed by atoms with Gasteiger partial charge in [-0.05, 0) is 36.5 Å². The van der Waals surface area contributed by atoms with Crippen molar-refractivity contribution >= 4 is 16.9 Å². The number of aryl methyl sites for hydroxylation is 1. The van der Waals surface area contributed by atoms with Crippen LogP contribution >= 0.6 is 0 Å². The number of rotatable bonds is 9. The Hall–Kier alpha value is -2.34. The van der Waals surface area contributed by atoms with Gasteiger partial charge in [0.15, 0.2) is 0 Å². The predicted molar refractivity (Wildman–Crippen MR) is 100 cm³/mol. The van der Waals surface area contributed by atoms with Crippen molar-refractivity contribution in [1.82, 2.24) is 5.32 Å². The first-order valence-electron chi connectivity index (χ1n) is 9.12. The molecule has 1 aromatic carbocycles. The summed E-state index contributed by atoms with van der Waals surface area (Å²) in [6, 6.07) is 4.05. The van der Waals surface area contributed by atoms with Crippen LogP contribution in [0.25, 0.3) is 11.0 Å². The van der Waals surface area contributed by atoms with Crippen molar-refractivity contribution in [2.24, 2.45) is 5.92 Å². The summed E-state index contributed by atoms with van der Waals surface area (Å²) in [5, 5.41) is 23.4. The third-order valence-corrected chi connectivity index (χ3v) is 4.85. The molecule has 2 aromatic rings. The van der Waals surface area contributed by atoms with Crippen molar-refractivity contribution < 1.29 is 19.4 Å². The molecule has 142 valence electrons. The zero-order valence-corrected chi connectivity index (χ0v) is 15.5. The number of carboxylic acid groups (broad SMARTS) is 1. The summed E-state index contributed by atoms with van der Waals surface area (Å²) in [7, 11) is 0. The van der Waals surface area contributed by atoms with Gasteiger partial charge in [0.2, 0.25) is 0 Å². The number of unbranched alkanes of at least 4 members (excludes halogenated alkanes) is 1. The van der Waals surface area contributed by atoms with E-state index < -0.39 is 17.6 Å². The normalized spacial score (nSPS) is 13.7. The van der Waals surface area contributed by atoms with Gasteiger partial charge < -0.3 is 14.6 Å². The molecule has 0 radical (unpaired) electrons. The number of hydrogen-bond donors (Lipinski definition) is 3. The third kappa shape index (κ3) is 4.43. The minimum absolute atomic E-state index is 0.0194. The second-order valence-corrected chi connectivity index (χ2v) is 6.72. The van der Waals surface area contributed by atoms with Crippen LogP contribution < -0.4 is 10.9 Å². The van der Waals surface area contributed by atoms with E-state index in [2.05, 4.69) is 12.2 Å². The number of aliphatic carboxylic acids is 1. The molecule has 0 bridgehead atoms. The number of phenolic OH excluding ortho intramolecular Hbond substituents is 1. The van der Waals surface area contributed by atoms with E-state index in [1.165, 1.54) is 6.07 Å². The molecular formula is C20H27NO5. The van der Waals surface area contributed by atoms with E-state index in [0.29, 0.717) is 17.6 Å². The number of benzene rings is 1. The van der Waals surface area contributed by atoms with E-state index in [1.54, 1.807) is 12.1 Å². The van der Waals surface area contributed by atoms with Gasteiger partial charge in [0.1, 0.15) is 17.4 Å². The summed E-state index contributed by atoms with van der Waals surface area (Å²) in [5.74, 6) is -1.03. The highest BCUT2D eigenvalue weighted by atomic mass is 16.4. The Morgan fingerprint density at radius 2 is 2.04 bits per heavy atom. The van der Waals surface area contributed by atoms with Crippen molar-refractivity contribution in [3.8, 4) is 5.75 Å². The van der Waals surface area contributed by atoms with Crippen molar-refractivity contribution in [1.29, 1.82) is 0 Å². The molecule has 0 spiro atoms. The van der Waals surface area contributed by atoms with Gasteiger partial charge in [-0.15, -0.1) is 0 Å². The molecule has 0 fully saturated rings. The fraction of sp³-hybridized carbons (Fsp3) is 0.500. The van der Waals surface area contributed by atoms with Gasteiger partial charge in [-0.1, -0.05) is 33.6 Å². The monoisotopic (exact) mass is 361 g/mol. The van der Waals surface area contributed by atoms with Crippen LogP contribution in [-0.4, -0.2) is 22.2 Å². The van der Waals surface area contributed by atoms with E-state index in [1.807, 2.05) is 13.8 Å². The van der Waals surface area contributed by atoms with E-state index in [4.69, 9.17) is 4.42 Å². The van der Waals surface area contributed by atoms with Crippen molar-refractivity contribution in [3.63, 3.8) is 0 Å². The van der Waals surface area contributed by atoms with Crippen LogP contribution in [-0.2, 0) is 17.8 Å². The Bertz CT molecular complexity index is 827. The first-order chi connectivity index (χ1) is 12.4. The second-order valence-electron chi connectivity index (χ2n) is 6.72. The Morgan fingerprint density at radius 1 is 1.31 bits per heavy atom. The summed E-state index contributed by atoms with van der Waals surface area (Å²) in [6.45, 7) is 5.97. The van der Waals surface area contributed by atoms with Crippen molar-refractivity contribution in [2.75, 3.05) is 0 Å². The fourth-order valence-electron chi connectivity index (χ4n) is 3.06. The average Bonchev–Trinajstić information content (AvgIpc) is 2.60. The van der Waals surface area contributed by atoms with Gasteiger partial charge in [-0.2, -0.15) is 0 Å². The summed E-state index contributed by atoms with van der Waals surface area (Å²) >= 11 is 0. The van der Waals surface area contributed by atoms with E-state index in [-0.39, 0.29) is 18.2 Å². The number of carboxylic acids is 1. The van der Waals surface area contributed by atoms with Crippen LogP contribution in [0.15, 0.2) is 27.4 Å². The molecule has 0 aliphatic heterocycles. The number of hydrogen-bond acceptors (Lipinski definition) is 5. The molecule has 1 aromatic heterocycles. The Labute approximate surface area is 152 Å². The lowest BCUT2D eigenvalue weighted by atomic mass is 9.98. The number of aromatic hydroxyl groups is 1. The molecule has 0 saturated carbocycles. The van der Waals surface area contributed by atoms with Gasteiger partial charge in [0.05, 0.1) is 5.56 Å². The van der Waals surface area contributed by atoms with Gasteiger partial charge in [-0.25, -0.2) is 4.79 Å². The lowest BCUT2D eigenvalue weighted by molar-refractivity contribution is -0.140. The maximum absolute atomic E-state index is 12.0. The molecule has 0 aliphatic carbocycles. The van der Waals surface area contributed by atoms with Crippen LogP contribution in [0.2, 0.25) is 0 Å². The maximum Gasteiger partial charge on any atom is 0.336 e. The molecule has 3 N–H and O–H groups in total. The zero-order valence-electron chi connectivity index (χ0n) is 15.5. The van der Waals surface area contributed by atoms with Gasteiger partial charge in [0.25, 0.3) is 0 Å². The fourth-order valence-corrected chi connectivity index (χ4v) is 3.06. The molecule has 6 heteroatoms. The summed E-state index contributed by atoms with van der Waals surface area (Å²) < 4.78 is 5.37. The minimum Gasteiger partial charge on any atom is -0.507 e. The highest BCUT2D eigenvalue weighted by molar-refractivity contribution is 5.85. The average molecular weight is 361 g/mol. The van der Waals surface area contributed by atoms with Crippen LogP contribution in [0.3, 0.4) is 0 Å². The van der Waals surface area contributed by atoms with E-state index >= 15 is 0 Å². The quantitative estimate of drug-likeness (QED) is 0.592. The smallest absolute Gasteiger partial charge is 0.336 e. The Morgan fingerprint density at radius 3 is 2.65 bits per heavy atom. The molecule has 0 saturated heterocycles. The SMILES string of the molecule is CCCCc1cc(=O)oc2c(CN[C@H](C(=O)O)C(C)CC)c(O)ccc12. The largest absolute Gasteiger partial charge is 0.507 e. The Balaban J connectivity index is 2.43. The number of fused-ring (bicyclic) bond motifs is 1. The summed E-state index contributed by atoms with van der Waals surface area (Å²) in [4.78, 5) is 23.5. The lowest BCUT2D eigenvalue weighted by Gasteiger charge is -2.21. The zero-order chi connectivity index (χ0) is 19.3. The van der Waals surface area contributed by atoms with Crippen molar-refractivity contribution in [3.05, 3.63) is 39.7 Å². The highest BCUT2D eigenvalue weighted by Gasteiger charge is 2.24. The van der Waals surface area contributed by atoms with Gasteiger partial charge in [0, 0.05) is 18.0 Å². The van der Waals surface area contributed by atoms with Crippen LogP contribution in [0.4, 0.5) is 0 Å². The predicted octanol–water partition coefficient (Wildman–Crippen LogP) is 3.43. The van der Waals surface area contributed by atoms with Crippen LogP contribution in [0.1, 0.15) is 51.2 Å². The molecule has 0 aliphatic rings. The first-order valence-corrected chi connectivity index (χ1v) is 9.12. The second kappa shape index (κ2) is 8.85. The standard InChI is InChI=1S/C20H27NO5/c1-4-6-7-13-10-17(23)26-19-14(13)8-9-16(22)15(19)11-21-18(20(24)25)12(3)5-2/h8-10,12,18,21-22H,4-7,11H2,1-3H3,(H,24,25)/t12?,18-/m0/s1. The molecule has 1 heterocycles. The van der Waals surface area contributed by atoms with Crippen LogP contribution in [0, 0.1) is 5.92 Å². The molecule has 1 unspecified atom stereocenters. The Kier molecular flexibility index (Phi) is 6.80. The molecule has 26 heavy (non-hydrogen) atoms. The summed E-state index contributed by atoms with van der Waals surface area (Å²) in [5.41, 5.74) is 1.15. The van der Waals surface area contributed by atoms with Crippen LogP contribution in [0.5, 0.6) is 5.75 Å². The minimum atomic E-state index is -0.941. The van der Waals surface area contributed by atoms with E-state index in [9.17, 15) is 19.8 Å². The lowest BCUT2D eigenvalue weighted by Crippen LogP contribution is -2.41. The number of phenols is 1. The van der Waals surface area contributed by atoms with Gasteiger partial charge >= 0.3 is 11.6 Å². The van der Waals surface area contributed by atoms with E-state index in [0.717, 1.165) is 30.2 Å². The topological polar surface area (TPSA) is 99.8 Å². The number of nitrogens with one attached hydrogen (secondary N) is 1. The van der Waals surface area contributed by atoms with Gasteiger partial charge in [-0.3, -0.25) is 10.1 Å². The molecule has 2 atom stereocenters. The third-order valence-electron chi connectivity index (χ3n) is 4.85. The number of carbonyl (C=O) groups is 1. The molecule has 2 rings (SSSR count). The summed E-state index contributed by atoms with van der Waals surface area (Å²) in [6.07, 6.45) is 3.41. The highest BCUT2D eigenvalue weighted by Crippen LogP contribution is 2.29.